The Balaban J connectivity index is 1.79. The van der Waals surface area contributed by atoms with E-state index in [-0.39, 0.29) is 0 Å². The van der Waals surface area contributed by atoms with Gasteiger partial charge in [0, 0.05) is 0 Å². The summed E-state index contributed by atoms with van der Waals surface area (Å²) in [5.41, 5.74) is 5.93. The van der Waals surface area contributed by atoms with E-state index in [4.69, 9.17) is 0 Å². The molecule has 1 saturated heterocycles. The zero-order chi connectivity index (χ0) is 14.8. The predicted molar refractivity (Wildman–Crippen MR) is 79.1 cm³/mol. The standard InChI is InChI=1S/C17H16N2O2/c1-12-7-9-14(10-8-12)15-16(20)17(21)19(18-15)11-13-5-3-2-4-6-13/h2-10,15,18H,11H2,1H3. The number of hydrogen-bond acceptors (Lipinski definition) is 3. The Labute approximate surface area is 123 Å². The molecule has 2 aromatic carbocycles. The summed E-state index contributed by atoms with van der Waals surface area (Å²) in [6, 6.07) is 16.7. The molecule has 1 fully saturated rings. The first kappa shape index (κ1) is 13.5. The highest BCUT2D eigenvalue weighted by atomic mass is 16.2. The molecule has 1 aliphatic rings. The molecule has 1 heterocycles. The summed E-state index contributed by atoms with van der Waals surface area (Å²) >= 11 is 0. The SMILES string of the molecule is Cc1ccc(C2NN(Cc3ccccc3)C(=O)C2=O)cc1. The lowest BCUT2D eigenvalue weighted by atomic mass is 10.0. The van der Waals surface area contributed by atoms with Gasteiger partial charge in [0.1, 0.15) is 6.04 Å². The zero-order valence-corrected chi connectivity index (χ0v) is 11.7. The summed E-state index contributed by atoms with van der Waals surface area (Å²) in [7, 11) is 0. The van der Waals surface area contributed by atoms with Gasteiger partial charge in [0.25, 0.3) is 0 Å². The van der Waals surface area contributed by atoms with Crippen LogP contribution in [0.25, 0.3) is 0 Å². The molecule has 106 valence electrons. The number of hydrazine groups is 1. The van der Waals surface area contributed by atoms with Crippen LogP contribution in [0.3, 0.4) is 0 Å². The number of hydrogen-bond donors (Lipinski definition) is 1. The smallest absolute Gasteiger partial charge is 0.286 e. The van der Waals surface area contributed by atoms with Gasteiger partial charge in [-0.3, -0.25) is 14.6 Å². The molecule has 0 saturated carbocycles. The predicted octanol–water partition coefficient (Wildman–Crippen LogP) is 2.15. The monoisotopic (exact) mass is 280 g/mol. The quantitative estimate of drug-likeness (QED) is 0.876. The maximum Gasteiger partial charge on any atom is 0.306 e. The van der Waals surface area contributed by atoms with E-state index < -0.39 is 17.7 Å². The van der Waals surface area contributed by atoms with Crippen LogP contribution in [-0.2, 0) is 16.1 Å². The fourth-order valence-electron chi connectivity index (χ4n) is 2.40. The lowest BCUT2D eigenvalue weighted by Crippen LogP contribution is -2.34. The molecule has 4 nitrogen and oxygen atoms in total. The second-order valence-electron chi connectivity index (χ2n) is 5.21. The number of ketones is 1. The summed E-state index contributed by atoms with van der Waals surface area (Å²) in [6.07, 6.45) is 0. The highest BCUT2D eigenvalue weighted by Crippen LogP contribution is 2.22. The Morgan fingerprint density at radius 2 is 1.67 bits per heavy atom. The third-order valence-electron chi connectivity index (χ3n) is 3.60. The van der Waals surface area contributed by atoms with Gasteiger partial charge in [-0.25, -0.2) is 5.43 Å². The molecule has 1 aliphatic heterocycles. The minimum absolute atomic E-state index is 0.383. The first-order chi connectivity index (χ1) is 10.1. The number of aryl methyl sites for hydroxylation is 1. The van der Waals surface area contributed by atoms with E-state index in [1.165, 1.54) is 5.01 Å². The third kappa shape index (κ3) is 2.71. The van der Waals surface area contributed by atoms with Gasteiger partial charge in [0.15, 0.2) is 0 Å². The molecular formula is C17H16N2O2. The van der Waals surface area contributed by atoms with Crippen molar-refractivity contribution >= 4 is 11.7 Å². The summed E-state index contributed by atoms with van der Waals surface area (Å²) in [4.78, 5) is 24.2. The number of nitrogens with zero attached hydrogens (tertiary/aromatic N) is 1. The highest BCUT2D eigenvalue weighted by Gasteiger charge is 2.39. The molecule has 0 bridgehead atoms. The maximum absolute atomic E-state index is 12.1. The average Bonchev–Trinajstić information content (AvgIpc) is 2.78. The number of amides is 1. The van der Waals surface area contributed by atoms with Gasteiger partial charge < -0.3 is 0 Å². The van der Waals surface area contributed by atoms with E-state index in [0.29, 0.717) is 6.54 Å². The van der Waals surface area contributed by atoms with Crippen molar-refractivity contribution in [2.24, 2.45) is 0 Å². The lowest BCUT2D eigenvalue weighted by molar-refractivity contribution is -0.141. The van der Waals surface area contributed by atoms with E-state index in [2.05, 4.69) is 5.43 Å². The van der Waals surface area contributed by atoms with E-state index in [1.54, 1.807) is 0 Å². The van der Waals surface area contributed by atoms with E-state index in [1.807, 2.05) is 61.5 Å². The summed E-state index contributed by atoms with van der Waals surface area (Å²) in [6.45, 7) is 2.37. The normalized spacial score (nSPS) is 18.3. The van der Waals surface area contributed by atoms with Gasteiger partial charge >= 0.3 is 5.91 Å². The van der Waals surface area contributed by atoms with Crippen LogP contribution in [0.4, 0.5) is 0 Å². The van der Waals surface area contributed by atoms with Gasteiger partial charge in [-0.15, -0.1) is 0 Å². The van der Waals surface area contributed by atoms with Crippen LogP contribution in [0.5, 0.6) is 0 Å². The number of carbonyl (C=O) groups is 2. The van der Waals surface area contributed by atoms with Crippen molar-refractivity contribution < 1.29 is 9.59 Å². The van der Waals surface area contributed by atoms with Crippen molar-refractivity contribution in [3.8, 4) is 0 Å². The Hall–Kier alpha value is -2.46. The summed E-state index contributed by atoms with van der Waals surface area (Å²) < 4.78 is 0. The Bertz CT molecular complexity index is 665. The van der Waals surface area contributed by atoms with E-state index >= 15 is 0 Å². The minimum atomic E-state index is -0.582. The second-order valence-corrected chi connectivity index (χ2v) is 5.21. The molecule has 0 aliphatic carbocycles. The molecule has 1 N–H and O–H groups in total. The van der Waals surface area contributed by atoms with Gasteiger partial charge in [0.2, 0.25) is 5.78 Å². The van der Waals surface area contributed by atoms with Gasteiger partial charge in [0.05, 0.1) is 6.54 Å². The van der Waals surface area contributed by atoms with Crippen LogP contribution in [0, 0.1) is 6.92 Å². The Morgan fingerprint density at radius 3 is 2.33 bits per heavy atom. The molecule has 0 radical (unpaired) electrons. The number of carbonyl (C=O) groups excluding carboxylic acids is 2. The molecule has 4 heteroatoms. The van der Waals surface area contributed by atoms with Crippen molar-refractivity contribution in [2.75, 3.05) is 0 Å². The fraction of sp³-hybridized carbons (Fsp3) is 0.176. The van der Waals surface area contributed by atoms with Gasteiger partial charge in [-0.2, -0.15) is 0 Å². The van der Waals surface area contributed by atoms with Crippen LogP contribution in [0.1, 0.15) is 22.7 Å². The average molecular weight is 280 g/mol. The van der Waals surface area contributed by atoms with Gasteiger partial charge in [-0.05, 0) is 18.1 Å². The molecular weight excluding hydrogens is 264 g/mol. The van der Waals surface area contributed by atoms with Crippen LogP contribution in [-0.4, -0.2) is 16.7 Å². The summed E-state index contributed by atoms with van der Waals surface area (Å²) in [5, 5.41) is 1.39. The van der Waals surface area contributed by atoms with Crippen LogP contribution >= 0.6 is 0 Å². The number of benzene rings is 2. The largest absolute Gasteiger partial charge is 0.306 e. The van der Waals surface area contributed by atoms with Crippen LogP contribution in [0.15, 0.2) is 54.6 Å². The molecule has 1 amide bonds. The van der Waals surface area contributed by atoms with Crippen molar-refractivity contribution in [3.05, 3.63) is 71.3 Å². The lowest BCUT2D eigenvalue weighted by Gasteiger charge is -2.17. The van der Waals surface area contributed by atoms with E-state index in [0.717, 1.165) is 16.7 Å². The van der Waals surface area contributed by atoms with Crippen molar-refractivity contribution in [2.45, 2.75) is 19.5 Å². The molecule has 1 atom stereocenters. The van der Waals surface area contributed by atoms with E-state index in [9.17, 15) is 9.59 Å². The van der Waals surface area contributed by atoms with Crippen molar-refractivity contribution in [3.63, 3.8) is 0 Å². The Morgan fingerprint density at radius 1 is 1.00 bits per heavy atom. The first-order valence-corrected chi connectivity index (χ1v) is 6.87. The summed E-state index contributed by atoms with van der Waals surface area (Å²) in [5.74, 6) is -0.890. The number of rotatable bonds is 3. The molecule has 21 heavy (non-hydrogen) atoms. The first-order valence-electron chi connectivity index (χ1n) is 6.87. The third-order valence-corrected chi connectivity index (χ3v) is 3.60. The minimum Gasteiger partial charge on any atom is -0.286 e. The second kappa shape index (κ2) is 5.50. The van der Waals surface area contributed by atoms with Crippen LogP contribution in [0.2, 0.25) is 0 Å². The fourth-order valence-corrected chi connectivity index (χ4v) is 2.40. The van der Waals surface area contributed by atoms with Crippen LogP contribution < -0.4 is 5.43 Å². The Kier molecular flexibility index (Phi) is 3.54. The molecule has 2 aromatic rings. The van der Waals surface area contributed by atoms with Crippen molar-refractivity contribution in [1.29, 1.82) is 0 Å². The highest BCUT2D eigenvalue weighted by molar-refractivity contribution is 6.39. The van der Waals surface area contributed by atoms with Gasteiger partial charge in [-0.1, -0.05) is 60.2 Å². The molecule has 0 spiro atoms. The molecule has 0 aromatic heterocycles. The maximum atomic E-state index is 12.1. The number of nitrogens with one attached hydrogen (secondary N) is 1. The topological polar surface area (TPSA) is 49.4 Å². The molecule has 1 unspecified atom stereocenters. The zero-order valence-electron chi connectivity index (χ0n) is 11.7. The number of Topliss-reactive ketones (excluding diaryl/α,β-unsaturated/α-hetero) is 1. The van der Waals surface area contributed by atoms with Crippen molar-refractivity contribution in [1.82, 2.24) is 10.4 Å². The molecule has 3 rings (SSSR count).